The van der Waals surface area contributed by atoms with E-state index >= 15 is 0 Å². The maximum atomic E-state index is 12.9. The number of rotatable bonds is 5. The predicted molar refractivity (Wildman–Crippen MR) is 111 cm³/mol. The van der Waals surface area contributed by atoms with Crippen LogP contribution in [0.5, 0.6) is 0 Å². The van der Waals surface area contributed by atoms with Gasteiger partial charge in [-0.3, -0.25) is 9.69 Å². The molecule has 2 amide bonds. The van der Waals surface area contributed by atoms with Crippen LogP contribution in [0.15, 0.2) is 54.6 Å². The number of fused-ring (bicyclic) bond motifs is 1. The van der Waals surface area contributed by atoms with E-state index in [1.165, 1.54) is 4.90 Å². The number of nitrogens with one attached hydrogen (secondary N) is 1. The highest BCUT2D eigenvalue weighted by molar-refractivity contribution is 6.00. The molecule has 0 bridgehead atoms. The standard InChI is InChI=1S/C23H27N3O3/c24-19-11-10-17(12-19)14-25-22(27)21-13-18-8-4-5-9-20(18)26(21)23(28)29-15-16-6-2-1-3-7-16/h1-9,17,19,21H,10-15,24H2,(H,25,27)/t17-,19+,21-/m0/s1. The monoisotopic (exact) mass is 393 g/mol. The quantitative estimate of drug-likeness (QED) is 0.818. The molecule has 6 nitrogen and oxygen atoms in total. The Morgan fingerprint density at radius 3 is 2.59 bits per heavy atom. The molecule has 1 fully saturated rings. The summed E-state index contributed by atoms with van der Waals surface area (Å²) in [5, 5.41) is 3.04. The smallest absolute Gasteiger partial charge is 0.415 e. The van der Waals surface area contributed by atoms with Crippen LogP contribution >= 0.6 is 0 Å². The van der Waals surface area contributed by atoms with E-state index in [1.54, 1.807) is 0 Å². The number of amides is 2. The highest BCUT2D eigenvalue weighted by atomic mass is 16.6. The molecule has 6 heteroatoms. The van der Waals surface area contributed by atoms with Crippen molar-refractivity contribution in [2.24, 2.45) is 11.7 Å². The summed E-state index contributed by atoms with van der Waals surface area (Å²) < 4.78 is 5.53. The summed E-state index contributed by atoms with van der Waals surface area (Å²) in [4.78, 5) is 27.4. The molecule has 1 heterocycles. The number of benzene rings is 2. The molecule has 0 aromatic heterocycles. The summed E-state index contributed by atoms with van der Waals surface area (Å²) in [7, 11) is 0. The predicted octanol–water partition coefficient (Wildman–Crippen LogP) is 3.00. The Hall–Kier alpha value is -2.86. The molecule has 0 radical (unpaired) electrons. The third-order valence-corrected chi connectivity index (χ3v) is 5.83. The Kier molecular flexibility index (Phi) is 5.81. The normalized spacial score (nSPS) is 22.9. The van der Waals surface area contributed by atoms with E-state index in [1.807, 2.05) is 54.6 Å². The first kappa shape index (κ1) is 19.5. The van der Waals surface area contributed by atoms with Crippen molar-refractivity contribution in [2.75, 3.05) is 11.4 Å². The highest BCUT2D eigenvalue weighted by Gasteiger charge is 2.39. The molecule has 4 rings (SSSR count). The van der Waals surface area contributed by atoms with Gasteiger partial charge in [-0.2, -0.15) is 0 Å². The Bertz CT molecular complexity index is 871. The SMILES string of the molecule is N[C@@H]1CC[C@H](CNC(=O)[C@@H]2Cc3ccccc3N2C(=O)OCc2ccccc2)C1. The summed E-state index contributed by atoms with van der Waals surface area (Å²) in [6.45, 7) is 0.777. The fourth-order valence-electron chi connectivity index (χ4n) is 4.27. The van der Waals surface area contributed by atoms with Gasteiger partial charge in [-0.25, -0.2) is 4.79 Å². The summed E-state index contributed by atoms with van der Waals surface area (Å²) in [5.41, 5.74) is 8.60. The minimum Gasteiger partial charge on any atom is -0.444 e. The molecule has 2 aliphatic rings. The van der Waals surface area contributed by atoms with Crippen LogP contribution in [-0.4, -0.2) is 30.6 Å². The number of hydrogen-bond donors (Lipinski definition) is 2. The Morgan fingerprint density at radius 2 is 1.83 bits per heavy atom. The van der Waals surface area contributed by atoms with Crippen molar-refractivity contribution in [1.29, 1.82) is 0 Å². The molecule has 2 aromatic rings. The highest BCUT2D eigenvalue weighted by Crippen LogP contribution is 2.33. The molecular formula is C23H27N3O3. The van der Waals surface area contributed by atoms with Crippen molar-refractivity contribution in [3.05, 3.63) is 65.7 Å². The van der Waals surface area contributed by atoms with Gasteiger partial charge in [0.2, 0.25) is 5.91 Å². The number of hydrogen-bond acceptors (Lipinski definition) is 4. The van der Waals surface area contributed by atoms with Crippen molar-refractivity contribution in [2.45, 2.75) is 44.4 Å². The van der Waals surface area contributed by atoms with Gasteiger partial charge in [0.25, 0.3) is 0 Å². The number of anilines is 1. The molecule has 1 aliphatic heterocycles. The van der Waals surface area contributed by atoms with Gasteiger partial charge in [0.05, 0.1) is 5.69 Å². The third-order valence-electron chi connectivity index (χ3n) is 5.83. The van der Waals surface area contributed by atoms with Crippen LogP contribution in [-0.2, 0) is 22.6 Å². The summed E-state index contributed by atoms with van der Waals surface area (Å²) in [5.74, 6) is 0.273. The Labute approximate surface area is 171 Å². The molecule has 2 aromatic carbocycles. The molecule has 29 heavy (non-hydrogen) atoms. The minimum absolute atomic E-state index is 0.140. The Balaban J connectivity index is 1.44. The molecule has 3 atom stereocenters. The van der Waals surface area contributed by atoms with E-state index in [-0.39, 0.29) is 18.6 Å². The van der Waals surface area contributed by atoms with Gasteiger partial charge >= 0.3 is 6.09 Å². The number of carbonyl (C=O) groups is 2. The van der Waals surface area contributed by atoms with Crippen LogP contribution in [0.25, 0.3) is 0 Å². The van der Waals surface area contributed by atoms with E-state index in [4.69, 9.17) is 10.5 Å². The van der Waals surface area contributed by atoms with Gasteiger partial charge in [-0.1, -0.05) is 48.5 Å². The van der Waals surface area contributed by atoms with Crippen LogP contribution in [0.2, 0.25) is 0 Å². The van der Waals surface area contributed by atoms with Crippen LogP contribution in [0.1, 0.15) is 30.4 Å². The zero-order valence-corrected chi connectivity index (χ0v) is 16.4. The lowest BCUT2D eigenvalue weighted by molar-refractivity contribution is -0.122. The average Bonchev–Trinajstić information content (AvgIpc) is 3.34. The summed E-state index contributed by atoms with van der Waals surface area (Å²) >= 11 is 0. The van der Waals surface area contributed by atoms with Crippen molar-refractivity contribution >= 4 is 17.7 Å². The average molecular weight is 393 g/mol. The molecule has 1 aliphatic carbocycles. The second kappa shape index (κ2) is 8.66. The van der Waals surface area contributed by atoms with Crippen molar-refractivity contribution in [3.8, 4) is 0 Å². The van der Waals surface area contributed by atoms with Gasteiger partial charge < -0.3 is 15.8 Å². The van der Waals surface area contributed by atoms with E-state index in [2.05, 4.69) is 5.32 Å². The summed E-state index contributed by atoms with van der Waals surface area (Å²) in [6.07, 6.45) is 2.98. The molecule has 0 saturated heterocycles. The van der Waals surface area contributed by atoms with E-state index in [0.717, 1.165) is 36.1 Å². The van der Waals surface area contributed by atoms with E-state index < -0.39 is 12.1 Å². The number of nitrogens with two attached hydrogens (primary N) is 1. The molecular weight excluding hydrogens is 366 g/mol. The van der Waals surface area contributed by atoms with Gasteiger partial charge in [0, 0.05) is 19.0 Å². The summed E-state index contributed by atoms with van der Waals surface area (Å²) in [6, 6.07) is 16.8. The molecule has 0 unspecified atom stereocenters. The first-order valence-electron chi connectivity index (χ1n) is 10.2. The minimum atomic E-state index is -0.592. The largest absolute Gasteiger partial charge is 0.444 e. The lowest BCUT2D eigenvalue weighted by Gasteiger charge is -2.25. The van der Waals surface area contributed by atoms with Gasteiger partial charge in [-0.15, -0.1) is 0 Å². The number of para-hydroxylation sites is 1. The number of carbonyl (C=O) groups excluding carboxylic acids is 2. The Morgan fingerprint density at radius 1 is 1.07 bits per heavy atom. The zero-order chi connectivity index (χ0) is 20.2. The van der Waals surface area contributed by atoms with Crippen LogP contribution < -0.4 is 16.0 Å². The van der Waals surface area contributed by atoms with Crippen LogP contribution in [0, 0.1) is 5.92 Å². The van der Waals surface area contributed by atoms with Crippen molar-refractivity contribution < 1.29 is 14.3 Å². The van der Waals surface area contributed by atoms with Gasteiger partial charge in [-0.05, 0) is 42.4 Å². The maximum Gasteiger partial charge on any atom is 0.415 e. The van der Waals surface area contributed by atoms with E-state index in [0.29, 0.717) is 18.9 Å². The van der Waals surface area contributed by atoms with Gasteiger partial charge in [0.15, 0.2) is 0 Å². The zero-order valence-electron chi connectivity index (χ0n) is 16.4. The second-order valence-electron chi connectivity index (χ2n) is 7.94. The second-order valence-corrected chi connectivity index (χ2v) is 7.94. The topological polar surface area (TPSA) is 84.7 Å². The first-order chi connectivity index (χ1) is 14.1. The fourth-order valence-corrected chi connectivity index (χ4v) is 4.27. The van der Waals surface area contributed by atoms with Gasteiger partial charge in [0.1, 0.15) is 12.6 Å². The molecule has 1 saturated carbocycles. The molecule has 0 spiro atoms. The van der Waals surface area contributed by atoms with Crippen LogP contribution in [0.3, 0.4) is 0 Å². The maximum absolute atomic E-state index is 12.9. The first-order valence-corrected chi connectivity index (χ1v) is 10.2. The lowest BCUT2D eigenvalue weighted by Crippen LogP contribution is -2.49. The fraction of sp³-hybridized carbons (Fsp3) is 0.391. The molecule has 152 valence electrons. The number of nitrogens with zero attached hydrogens (tertiary/aromatic N) is 1. The number of ether oxygens (including phenoxy) is 1. The third kappa shape index (κ3) is 4.43. The van der Waals surface area contributed by atoms with Crippen molar-refractivity contribution in [1.82, 2.24) is 5.32 Å². The van der Waals surface area contributed by atoms with Crippen molar-refractivity contribution in [3.63, 3.8) is 0 Å². The lowest BCUT2D eigenvalue weighted by atomic mass is 10.1. The molecule has 3 N–H and O–H groups in total. The van der Waals surface area contributed by atoms with Crippen LogP contribution in [0.4, 0.5) is 10.5 Å². The van der Waals surface area contributed by atoms with E-state index in [9.17, 15) is 9.59 Å².